The van der Waals surface area contributed by atoms with Crippen LogP contribution in [0.15, 0.2) is 0 Å². The van der Waals surface area contributed by atoms with E-state index in [1.807, 2.05) is 11.3 Å². The Bertz CT molecular complexity index is 455. The van der Waals surface area contributed by atoms with Crippen LogP contribution in [0.3, 0.4) is 0 Å². The lowest BCUT2D eigenvalue weighted by molar-refractivity contribution is 0.584. The van der Waals surface area contributed by atoms with E-state index in [0.29, 0.717) is 18.0 Å². The molecule has 0 aliphatic carbocycles. The van der Waals surface area contributed by atoms with Crippen LogP contribution in [0.2, 0.25) is 0 Å². The summed E-state index contributed by atoms with van der Waals surface area (Å²) in [5.74, 6) is 1.34. The van der Waals surface area contributed by atoms with Gasteiger partial charge in [-0.3, -0.25) is 0 Å². The quantitative estimate of drug-likeness (QED) is 0.844. The average molecular weight is 310 g/mol. The first-order valence-electron chi connectivity index (χ1n) is 8.41. The maximum atomic E-state index is 5.03. The van der Waals surface area contributed by atoms with Gasteiger partial charge in [0.2, 0.25) is 0 Å². The number of aromatic nitrogens is 1. The molecule has 1 aromatic rings. The topological polar surface area (TPSA) is 28.2 Å². The molecule has 3 nitrogen and oxygen atoms in total. The summed E-state index contributed by atoms with van der Waals surface area (Å²) in [6.07, 6.45) is 2.45. The van der Waals surface area contributed by atoms with Crippen molar-refractivity contribution in [3.05, 3.63) is 10.6 Å². The third kappa shape index (κ3) is 3.98. The first-order valence-corrected chi connectivity index (χ1v) is 9.23. The molecule has 1 saturated heterocycles. The molecule has 0 aromatic carbocycles. The fourth-order valence-electron chi connectivity index (χ4n) is 3.04. The summed E-state index contributed by atoms with van der Waals surface area (Å²) in [5.41, 5.74) is 1.32. The summed E-state index contributed by atoms with van der Waals surface area (Å²) in [4.78, 5) is 8.97. The predicted molar refractivity (Wildman–Crippen MR) is 93.4 cm³/mol. The van der Waals surface area contributed by atoms with Crippen molar-refractivity contribution in [2.45, 2.75) is 78.9 Å². The SMILES string of the molecule is CCC(C)c1nc(N2CC(C)CC2C)sc1CNC(C)C. The zero-order valence-electron chi connectivity index (χ0n) is 14.4. The average Bonchev–Trinajstić information content (AvgIpc) is 2.98. The smallest absolute Gasteiger partial charge is 0.186 e. The Kier molecular flexibility index (Phi) is 5.67. The highest BCUT2D eigenvalue weighted by Gasteiger charge is 2.29. The lowest BCUT2D eigenvalue weighted by Gasteiger charge is -2.20. The molecule has 1 aliphatic rings. The Morgan fingerprint density at radius 1 is 1.33 bits per heavy atom. The van der Waals surface area contributed by atoms with E-state index < -0.39 is 0 Å². The molecule has 0 amide bonds. The lowest BCUT2D eigenvalue weighted by Crippen LogP contribution is -2.26. The first-order chi connectivity index (χ1) is 9.92. The van der Waals surface area contributed by atoms with Crippen LogP contribution in [0, 0.1) is 5.92 Å². The molecule has 0 bridgehead atoms. The van der Waals surface area contributed by atoms with Gasteiger partial charge in [-0.15, -0.1) is 11.3 Å². The molecule has 1 aromatic heterocycles. The number of hydrogen-bond acceptors (Lipinski definition) is 4. The van der Waals surface area contributed by atoms with Crippen molar-refractivity contribution in [1.82, 2.24) is 10.3 Å². The molecule has 3 unspecified atom stereocenters. The third-order valence-corrected chi connectivity index (χ3v) is 5.60. The highest BCUT2D eigenvalue weighted by Crippen LogP contribution is 2.36. The van der Waals surface area contributed by atoms with E-state index in [-0.39, 0.29) is 0 Å². The zero-order chi connectivity index (χ0) is 15.6. The summed E-state index contributed by atoms with van der Waals surface area (Å²) >= 11 is 1.90. The van der Waals surface area contributed by atoms with Crippen molar-refractivity contribution in [3.8, 4) is 0 Å². The molecule has 120 valence electrons. The van der Waals surface area contributed by atoms with Gasteiger partial charge in [0.25, 0.3) is 0 Å². The fraction of sp³-hybridized carbons (Fsp3) is 0.824. The van der Waals surface area contributed by atoms with Crippen molar-refractivity contribution >= 4 is 16.5 Å². The lowest BCUT2D eigenvalue weighted by atomic mass is 10.0. The maximum Gasteiger partial charge on any atom is 0.186 e. The molecular weight excluding hydrogens is 278 g/mol. The van der Waals surface area contributed by atoms with Crippen LogP contribution in [0.1, 0.15) is 70.9 Å². The molecule has 0 spiro atoms. The van der Waals surface area contributed by atoms with Crippen LogP contribution in [-0.4, -0.2) is 23.6 Å². The van der Waals surface area contributed by atoms with Gasteiger partial charge >= 0.3 is 0 Å². The van der Waals surface area contributed by atoms with Crippen molar-refractivity contribution in [3.63, 3.8) is 0 Å². The molecule has 4 heteroatoms. The Labute approximate surface area is 134 Å². The summed E-state index contributed by atoms with van der Waals surface area (Å²) in [6.45, 7) is 15.8. The van der Waals surface area contributed by atoms with Crippen molar-refractivity contribution in [2.24, 2.45) is 5.92 Å². The van der Waals surface area contributed by atoms with E-state index in [1.165, 1.54) is 22.1 Å². The van der Waals surface area contributed by atoms with Gasteiger partial charge in [0.1, 0.15) is 0 Å². The first kappa shape index (κ1) is 16.8. The molecule has 21 heavy (non-hydrogen) atoms. The van der Waals surface area contributed by atoms with Gasteiger partial charge in [-0.05, 0) is 31.6 Å². The molecule has 3 atom stereocenters. The van der Waals surface area contributed by atoms with Crippen LogP contribution in [0.5, 0.6) is 0 Å². The van der Waals surface area contributed by atoms with Crippen LogP contribution in [0.4, 0.5) is 5.13 Å². The minimum atomic E-state index is 0.520. The van der Waals surface area contributed by atoms with E-state index in [1.54, 1.807) is 0 Å². The highest BCUT2D eigenvalue weighted by atomic mass is 32.1. The largest absolute Gasteiger partial charge is 0.345 e. The van der Waals surface area contributed by atoms with E-state index in [4.69, 9.17) is 4.98 Å². The van der Waals surface area contributed by atoms with Crippen LogP contribution >= 0.6 is 11.3 Å². The fourth-order valence-corrected chi connectivity index (χ4v) is 4.28. The Hall–Kier alpha value is -0.610. The maximum absolute atomic E-state index is 5.03. The van der Waals surface area contributed by atoms with Gasteiger partial charge in [0.15, 0.2) is 5.13 Å². The van der Waals surface area contributed by atoms with Gasteiger partial charge in [-0.25, -0.2) is 4.98 Å². The second-order valence-corrected chi connectivity index (χ2v) is 8.05. The highest BCUT2D eigenvalue weighted by molar-refractivity contribution is 7.15. The summed E-state index contributed by atoms with van der Waals surface area (Å²) < 4.78 is 0. The second kappa shape index (κ2) is 7.10. The summed E-state index contributed by atoms with van der Waals surface area (Å²) in [6, 6.07) is 1.15. The number of hydrogen-bond donors (Lipinski definition) is 1. The van der Waals surface area contributed by atoms with Crippen molar-refractivity contribution in [2.75, 3.05) is 11.4 Å². The van der Waals surface area contributed by atoms with Crippen molar-refractivity contribution < 1.29 is 0 Å². The summed E-state index contributed by atoms with van der Waals surface area (Å²) in [7, 11) is 0. The minimum absolute atomic E-state index is 0.520. The van der Waals surface area contributed by atoms with Crippen molar-refractivity contribution in [1.29, 1.82) is 0 Å². The third-order valence-electron chi connectivity index (χ3n) is 4.50. The van der Waals surface area contributed by atoms with Gasteiger partial charge in [0, 0.05) is 30.1 Å². The molecule has 2 heterocycles. The molecule has 2 rings (SSSR count). The van der Waals surface area contributed by atoms with Gasteiger partial charge < -0.3 is 10.2 Å². The minimum Gasteiger partial charge on any atom is -0.345 e. The van der Waals surface area contributed by atoms with E-state index in [9.17, 15) is 0 Å². The number of anilines is 1. The number of thiazole rings is 1. The number of rotatable bonds is 6. The van der Waals surface area contributed by atoms with Crippen LogP contribution in [0.25, 0.3) is 0 Å². The Balaban J connectivity index is 2.22. The van der Waals surface area contributed by atoms with Gasteiger partial charge in [-0.1, -0.05) is 34.6 Å². The van der Waals surface area contributed by atoms with Gasteiger partial charge in [0.05, 0.1) is 5.69 Å². The molecule has 1 aliphatic heterocycles. The van der Waals surface area contributed by atoms with Crippen LogP contribution < -0.4 is 10.2 Å². The summed E-state index contributed by atoms with van der Waals surface area (Å²) in [5, 5.41) is 4.80. The Morgan fingerprint density at radius 2 is 2.05 bits per heavy atom. The van der Waals surface area contributed by atoms with E-state index in [0.717, 1.165) is 25.4 Å². The molecule has 1 fully saturated rings. The van der Waals surface area contributed by atoms with Gasteiger partial charge in [-0.2, -0.15) is 0 Å². The van der Waals surface area contributed by atoms with E-state index in [2.05, 4.69) is 51.8 Å². The zero-order valence-corrected chi connectivity index (χ0v) is 15.3. The monoisotopic (exact) mass is 309 g/mol. The second-order valence-electron chi connectivity index (χ2n) is 6.99. The molecule has 1 N–H and O–H groups in total. The Morgan fingerprint density at radius 3 is 2.57 bits per heavy atom. The normalized spacial score (nSPS) is 24.0. The molecule has 0 radical (unpaired) electrons. The molecule has 0 saturated carbocycles. The standard InChI is InChI=1S/C17H31N3S/c1-7-13(5)16-15(9-18-11(2)3)21-17(19-16)20-10-12(4)8-14(20)6/h11-14,18H,7-10H2,1-6H3. The van der Waals surface area contributed by atoms with Crippen LogP contribution in [-0.2, 0) is 6.54 Å². The number of nitrogens with zero attached hydrogens (tertiary/aromatic N) is 2. The number of nitrogens with one attached hydrogen (secondary N) is 1. The molecular formula is C17H31N3S. The predicted octanol–water partition coefficient (Wildman–Crippen LogP) is 4.39. The van der Waals surface area contributed by atoms with E-state index >= 15 is 0 Å².